The van der Waals surface area contributed by atoms with E-state index >= 15 is 0 Å². The van der Waals surface area contributed by atoms with Gasteiger partial charge in [0.15, 0.2) is 23.8 Å². The molecule has 4 atom stereocenters. The zero-order valence-corrected chi connectivity index (χ0v) is 14.9. The van der Waals surface area contributed by atoms with Gasteiger partial charge in [0.05, 0.1) is 0 Å². The van der Waals surface area contributed by atoms with Gasteiger partial charge in [-0.3, -0.25) is 4.79 Å². The summed E-state index contributed by atoms with van der Waals surface area (Å²) in [6.45, 7) is 7.79. The normalized spacial score (nSPS) is 34.0. The molecule has 7 nitrogen and oxygen atoms in total. The van der Waals surface area contributed by atoms with Crippen LogP contribution in [0.5, 0.6) is 0 Å². The third-order valence-corrected chi connectivity index (χ3v) is 4.34. The predicted molar refractivity (Wildman–Crippen MR) is 83.0 cm³/mol. The standard InChI is InChI=1S/C17H26O7/c1-10(18)6-7-13-17(22-12(3)20,9-8-11(2)19)14-15(21-13)24-16(4,5)23-14/h13-15H,6-9H2,1-5H3/t13-,14+,15-,17+/m1/s1. The van der Waals surface area contributed by atoms with E-state index in [4.69, 9.17) is 18.9 Å². The van der Waals surface area contributed by atoms with E-state index in [9.17, 15) is 14.4 Å². The molecule has 2 aliphatic rings. The van der Waals surface area contributed by atoms with Gasteiger partial charge in [0.25, 0.3) is 0 Å². The zero-order chi connectivity index (χ0) is 18.1. The number of Topliss-reactive ketones (excluding diaryl/α,β-unsaturated/α-hetero) is 2. The Labute approximate surface area is 142 Å². The second kappa shape index (κ2) is 6.90. The largest absolute Gasteiger partial charge is 0.453 e. The van der Waals surface area contributed by atoms with Crippen LogP contribution >= 0.6 is 0 Å². The lowest BCUT2D eigenvalue weighted by molar-refractivity contribution is -0.237. The van der Waals surface area contributed by atoms with Gasteiger partial charge in [-0.1, -0.05) is 0 Å². The Bertz CT molecular complexity index is 527. The lowest BCUT2D eigenvalue weighted by Gasteiger charge is -2.37. The molecule has 0 N–H and O–H groups in total. The van der Waals surface area contributed by atoms with Crippen LogP contribution in [-0.4, -0.2) is 47.4 Å². The smallest absolute Gasteiger partial charge is 0.303 e. The van der Waals surface area contributed by atoms with Crippen LogP contribution in [0, 0.1) is 0 Å². The van der Waals surface area contributed by atoms with E-state index in [1.807, 2.05) is 0 Å². The van der Waals surface area contributed by atoms with Gasteiger partial charge >= 0.3 is 5.97 Å². The molecule has 136 valence electrons. The van der Waals surface area contributed by atoms with Crippen molar-refractivity contribution in [1.82, 2.24) is 0 Å². The van der Waals surface area contributed by atoms with Crippen LogP contribution in [0.25, 0.3) is 0 Å². The third kappa shape index (κ3) is 4.02. The summed E-state index contributed by atoms with van der Waals surface area (Å²) in [7, 11) is 0. The molecule has 0 bridgehead atoms. The molecule has 0 aromatic carbocycles. The molecule has 2 saturated heterocycles. The van der Waals surface area contributed by atoms with Crippen molar-refractivity contribution in [2.75, 3.05) is 0 Å². The van der Waals surface area contributed by atoms with E-state index < -0.39 is 35.9 Å². The molecule has 0 aliphatic carbocycles. The number of carbonyl (C=O) groups is 3. The van der Waals surface area contributed by atoms with Crippen molar-refractivity contribution < 1.29 is 33.3 Å². The number of rotatable bonds is 7. The van der Waals surface area contributed by atoms with Crippen LogP contribution in [0.3, 0.4) is 0 Å². The Morgan fingerprint density at radius 1 is 1.00 bits per heavy atom. The Morgan fingerprint density at radius 2 is 1.62 bits per heavy atom. The van der Waals surface area contributed by atoms with Gasteiger partial charge in [-0.2, -0.15) is 0 Å². The van der Waals surface area contributed by atoms with Crippen molar-refractivity contribution in [3.05, 3.63) is 0 Å². The summed E-state index contributed by atoms with van der Waals surface area (Å²) in [5, 5.41) is 0. The monoisotopic (exact) mass is 342 g/mol. The predicted octanol–water partition coefficient (Wildman–Crippen LogP) is 1.90. The van der Waals surface area contributed by atoms with Crippen LogP contribution in [-0.2, 0) is 33.3 Å². The molecule has 0 spiro atoms. The second-order valence-electron chi connectivity index (χ2n) is 7.04. The van der Waals surface area contributed by atoms with E-state index in [-0.39, 0.29) is 30.8 Å². The number of carbonyl (C=O) groups excluding carboxylic acids is 3. The van der Waals surface area contributed by atoms with E-state index in [1.165, 1.54) is 20.8 Å². The molecule has 0 aromatic heterocycles. The number of esters is 1. The topological polar surface area (TPSA) is 88.1 Å². The van der Waals surface area contributed by atoms with Crippen molar-refractivity contribution in [1.29, 1.82) is 0 Å². The van der Waals surface area contributed by atoms with Gasteiger partial charge in [0.1, 0.15) is 17.7 Å². The van der Waals surface area contributed by atoms with Crippen LogP contribution in [0.4, 0.5) is 0 Å². The summed E-state index contributed by atoms with van der Waals surface area (Å²) in [6, 6.07) is 0. The Hall–Kier alpha value is -1.31. The molecule has 24 heavy (non-hydrogen) atoms. The first-order chi connectivity index (χ1) is 11.1. The number of fused-ring (bicyclic) bond motifs is 1. The third-order valence-electron chi connectivity index (χ3n) is 4.34. The van der Waals surface area contributed by atoms with E-state index in [2.05, 4.69) is 0 Å². The quantitative estimate of drug-likeness (QED) is 0.653. The first-order valence-corrected chi connectivity index (χ1v) is 8.25. The molecule has 7 heteroatoms. The maximum absolute atomic E-state index is 11.8. The summed E-state index contributed by atoms with van der Waals surface area (Å²) in [6.07, 6.45) is -0.727. The van der Waals surface area contributed by atoms with Gasteiger partial charge in [-0.05, 0) is 40.5 Å². The molecule has 2 aliphatic heterocycles. The maximum atomic E-state index is 11.8. The Morgan fingerprint density at radius 3 is 2.17 bits per heavy atom. The molecule has 0 saturated carbocycles. The first kappa shape index (κ1) is 19.0. The number of hydrogen-bond donors (Lipinski definition) is 0. The summed E-state index contributed by atoms with van der Waals surface area (Å²) < 4.78 is 23.3. The molecule has 0 unspecified atom stereocenters. The second-order valence-corrected chi connectivity index (χ2v) is 7.04. The molecule has 2 heterocycles. The lowest BCUT2D eigenvalue weighted by atomic mass is 9.84. The van der Waals surface area contributed by atoms with Crippen molar-refractivity contribution in [3.8, 4) is 0 Å². The molecule has 0 aromatic rings. The molecular formula is C17H26O7. The number of ether oxygens (including phenoxy) is 4. The molecule has 0 amide bonds. The molecular weight excluding hydrogens is 316 g/mol. The molecule has 2 fully saturated rings. The van der Waals surface area contributed by atoms with Crippen LogP contribution in [0.15, 0.2) is 0 Å². The summed E-state index contributed by atoms with van der Waals surface area (Å²) in [4.78, 5) is 34.6. The number of ketones is 2. The minimum absolute atomic E-state index is 0.0149. The molecule has 2 rings (SSSR count). The summed E-state index contributed by atoms with van der Waals surface area (Å²) in [5.74, 6) is -1.36. The minimum Gasteiger partial charge on any atom is -0.453 e. The van der Waals surface area contributed by atoms with Crippen LogP contribution in [0.1, 0.15) is 60.3 Å². The Balaban J connectivity index is 2.32. The highest BCUT2D eigenvalue weighted by Gasteiger charge is 2.65. The fraction of sp³-hybridized carbons (Fsp3) is 0.824. The first-order valence-electron chi connectivity index (χ1n) is 8.25. The highest BCUT2D eigenvalue weighted by Crippen LogP contribution is 2.48. The van der Waals surface area contributed by atoms with Gasteiger partial charge in [0, 0.05) is 19.8 Å². The highest BCUT2D eigenvalue weighted by molar-refractivity contribution is 5.76. The van der Waals surface area contributed by atoms with Gasteiger partial charge in [-0.25, -0.2) is 0 Å². The van der Waals surface area contributed by atoms with Crippen molar-refractivity contribution >= 4 is 17.5 Å². The van der Waals surface area contributed by atoms with E-state index in [1.54, 1.807) is 13.8 Å². The van der Waals surface area contributed by atoms with E-state index in [0.29, 0.717) is 6.42 Å². The SMILES string of the molecule is CC(=O)CC[C@H]1O[C@@H]2OC(C)(C)O[C@@H]2[C@@]1(CCC(C)=O)OC(C)=O. The lowest BCUT2D eigenvalue weighted by Crippen LogP contribution is -2.52. The van der Waals surface area contributed by atoms with Crippen molar-refractivity contribution in [2.24, 2.45) is 0 Å². The number of hydrogen-bond acceptors (Lipinski definition) is 7. The zero-order valence-electron chi connectivity index (χ0n) is 14.9. The van der Waals surface area contributed by atoms with Crippen LogP contribution < -0.4 is 0 Å². The fourth-order valence-corrected chi connectivity index (χ4v) is 3.38. The van der Waals surface area contributed by atoms with Crippen molar-refractivity contribution in [3.63, 3.8) is 0 Å². The molecule has 0 radical (unpaired) electrons. The average molecular weight is 342 g/mol. The fourth-order valence-electron chi connectivity index (χ4n) is 3.38. The van der Waals surface area contributed by atoms with Crippen LogP contribution in [0.2, 0.25) is 0 Å². The Kier molecular flexibility index (Phi) is 5.47. The van der Waals surface area contributed by atoms with Gasteiger partial charge < -0.3 is 28.5 Å². The average Bonchev–Trinajstić information content (AvgIpc) is 2.86. The van der Waals surface area contributed by atoms with Gasteiger partial charge in [-0.15, -0.1) is 0 Å². The summed E-state index contributed by atoms with van der Waals surface area (Å²) >= 11 is 0. The highest BCUT2D eigenvalue weighted by atomic mass is 16.8. The maximum Gasteiger partial charge on any atom is 0.303 e. The van der Waals surface area contributed by atoms with Crippen molar-refractivity contribution in [2.45, 2.75) is 90.2 Å². The van der Waals surface area contributed by atoms with Gasteiger partial charge in [0.2, 0.25) is 0 Å². The minimum atomic E-state index is -1.13. The summed E-state index contributed by atoms with van der Waals surface area (Å²) in [5.41, 5.74) is -1.13. The van der Waals surface area contributed by atoms with E-state index in [0.717, 1.165) is 0 Å².